The van der Waals surface area contributed by atoms with Crippen LogP contribution in [0.2, 0.25) is 0 Å². The van der Waals surface area contributed by atoms with E-state index in [1.807, 2.05) is 18.2 Å². The van der Waals surface area contributed by atoms with Crippen LogP contribution < -0.4 is 5.32 Å². The molecule has 0 fully saturated rings. The lowest BCUT2D eigenvalue weighted by atomic mass is 9.92. The predicted molar refractivity (Wildman–Crippen MR) is 86.9 cm³/mol. The highest BCUT2D eigenvalue weighted by Crippen LogP contribution is 2.16. The van der Waals surface area contributed by atoms with E-state index in [4.69, 9.17) is 0 Å². The third kappa shape index (κ3) is 5.31. The summed E-state index contributed by atoms with van der Waals surface area (Å²) in [6.45, 7) is 4.11. The van der Waals surface area contributed by atoms with Crippen LogP contribution in [-0.4, -0.2) is 13.1 Å². The molecule has 0 bridgehead atoms. The minimum Gasteiger partial charge on any atom is -0.316 e. The quantitative estimate of drug-likeness (QED) is 0.716. The van der Waals surface area contributed by atoms with Crippen molar-refractivity contribution in [3.8, 4) is 0 Å². The van der Waals surface area contributed by atoms with Crippen LogP contribution in [0.3, 0.4) is 0 Å². The van der Waals surface area contributed by atoms with Gasteiger partial charge in [-0.1, -0.05) is 55.5 Å². The first-order valence-electron chi connectivity index (χ1n) is 7.77. The molecule has 1 nitrogen and oxygen atoms in total. The lowest BCUT2D eigenvalue weighted by molar-refractivity contribution is 0.461. The molecule has 21 heavy (non-hydrogen) atoms. The maximum atomic E-state index is 13.9. The molecule has 0 radical (unpaired) electrons. The van der Waals surface area contributed by atoms with E-state index in [0.29, 0.717) is 5.92 Å². The first kappa shape index (κ1) is 15.7. The molecule has 0 saturated carbocycles. The molecule has 2 aromatic rings. The lowest BCUT2D eigenvalue weighted by Crippen LogP contribution is -2.26. The van der Waals surface area contributed by atoms with E-state index in [1.54, 1.807) is 12.1 Å². The number of benzene rings is 2. The number of halogens is 1. The number of rotatable bonds is 8. The van der Waals surface area contributed by atoms with E-state index in [1.165, 1.54) is 5.56 Å². The first-order valence-corrected chi connectivity index (χ1v) is 7.77. The zero-order chi connectivity index (χ0) is 14.9. The van der Waals surface area contributed by atoms with Gasteiger partial charge in [-0.3, -0.25) is 0 Å². The minimum atomic E-state index is -0.0916. The van der Waals surface area contributed by atoms with Crippen LogP contribution in [0, 0.1) is 11.7 Å². The Kier molecular flexibility index (Phi) is 6.42. The normalized spacial score (nSPS) is 12.3. The molecule has 0 saturated heterocycles. The summed E-state index contributed by atoms with van der Waals surface area (Å²) >= 11 is 0. The van der Waals surface area contributed by atoms with Crippen LogP contribution in [0.4, 0.5) is 4.39 Å². The second kappa shape index (κ2) is 8.58. The molecule has 0 aromatic heterocycles. The highest BCUT2D eigenvalue weighted by atomic mass is 19.1. The second-order valence-electron chi connectivity index (χ2n) is 5.56. The fourth-order valence-electron chi connectivity index (χ4n) is 2.62. The highest BCUT2D eigenvalue weighted by Gasteiger charge is 2.13. The van der Waals surface area contributed by atoms with Gasteiger partial charge < -0.3 is 5.32 Å². The van der Waals surface area contributed by atoms with Gasteiger partial charge in [0.25, 0.3) is 0 Å². The average molecular weight is 285 g/mol. The molecule has 0 heterocycles. The van der Waals surface area contributed by atoms with Crippen molar-refractivity contribution in [1.82, 2.24) is 5.32 Å². The summed E-state index contributed by atoms with van der Waals surface area (Å²) in [5.41, 5.74) is 2.13. The van der Waals surface area contributed by atoms with Crippen molar-refractivity contribution in [2.24, 2.45) is 5.92 Å². The Morgan fingerprint density at radius 1 is 0.952 bits per heavy atom. The molecule has 2 aromatic carbocycles. The molecule has 0 aliphatic heterocycles. The average Bonchev–Trinajstić information content (AvgIpc) is 2.51. The van der Waals surface area contributed by atoms with Crippen LogP contribution in [-0.2, 0) is 12.8 Å². The number of hydrogen-bond acceptors (Lipinski definition) is 1. The Balaban J connectivity index is 2.03. The Morgan fingerprint density at radius 2 is 1.67 bits per heavy atom. The van der Waals surface area contributed by atoms with Crippen LogP contribution >= 0.6 is 0 Å². The summed E-state index contributed by atoms with van der Waals surface area (Å²) in [4.78, 5) is 0. The van der Waals surface area contributed by atoms with Gasteiger partial charge in [0, 0.05) is 0 Å². The van der Waals surface area contributed by atoms with Crippen molar-refractivity contribution >= 4 is 0 Å². The standard InChI is InChI=1S/C19H24FN/c1-2-12-21-15-17(13-16-8-4-3-5-9-16)14-18-10-6-7-11-19(18)20/h3-11,17,21H,2,12-15H2,1H3. The SMILES string of the molecule is CCCNCC(Cc1ccccc1)Cc1ccccc1F. The Bertz CT molecular complexity index is 524. The van der Waals surface area contributed by atoms with Crippen molar-refractivity contribution in [2.75, 3.05) is 13.1 Å². The Labute approximate surface area is 127 Å². The first-order chi connectivity index (χ1) is 10.3. The van der Waals surface area contributed by atoms with Crippen LogP contribution in [0.25, 0.3) is 0 Å². The fraction of sp³-hybridized carbons (Fsp3) is 0.368. The molecular weight excluding hydrogens is 261 g/mol. The number of hydrogen-bond donors (Lipinski definition) is 1. The highest BCUT2D eigenvalue weighted by molar-refractivity contribution is 5.20. The molecule has 1 unspecified atom stereocenters. The summed E-state index contributed by atoms with van der Waals surface area (Å²) in [5, 5.41) is 3.47. The maximum absolute atomic E-state index is 13.9. The summed E-state index contributed by atoms with van der Waals surface area (Å²) in [5.74, 6) is 0.321. The van der Waals surface area contributed by atoms with E-state index >= 15 is 0 Å². The third-order valence-corrected chi connectivity index (χ3v) is 3.69. The van der Waals surface area contributed by atoms with Crippen molar-refractivity contribution in [2.45, 2.75) is 26.2 Å². The molecule has 112 valence electrons. The summed E-state index contributed by atoms with van der Waals surface area (Å²) in [6, 6.07) is 17.6. The Hall–Kier alpha value is -1.67. The molecular formula is C19H24FN. The van der Waals surface area contributed by atoms with Crippen molar-refractivity contribution in [1.29, 1.82) is 0 Å². The molecule has 2 heteroatoms. The molecule has 0 aliphatic rings. The van der Waals surface area contributed by atoms with Crippen molar-refractivity contribution in [3.63, 3.8) is 0 Å². The molecule has 0 spiro atoms. The van der Waals surface area contributed by atoms with Gasteiger partial charge in [0.05, 0.1) is 0 Å². The van der Waals surface area contributed by atoms with Gasteiger partial charge in [-0.15, -0.1) is 0 Å². The topological polar surface area (TPSA) is 12.0 Å². The fourth-order valence-corrected chi connectivity index (χ4v) is 2.62. The summed E-state index contributed by atoms with van der Waals surface area (Å²) in [6.07, 6.45) is 2.88. The molecule has 2 rings (SSSR count). The second-order valence-corrected chi connectivity index (χ2v) is 5.56. The largest absolute Gasteiger partial charge is 0.316 e. The third-order valence-electron chi connectivity index (χ3n) is 3.69. The summed E-state index contributed by atoms with van der Waals surface area (Å²) < 4.78 is 13.9. The van der Waals surface area contributed by atoms with Gasteiger partial charge in [-0.2, -0.15) is 0 Å². The zero-order valence-electron chi connectivity index (χ0n) is 12.7. The lowest BCUT2D eigenvalue weighted by Gasteiger charge is -2.18. The van der Waals surface area contributed by atoms with Gasteiger partial charge in [-0.25, -0.2) is 4.39 Å². The van der Waals surface area contributed by atoms with Gasteiger partial charge in [-0.05, 0) is 55.5 Å². The maximum Gasteiger partial charge on any atom is 0.126 e. The van der Waals surface area contributed by atoms with Crippen LogP contribution in [0.5, 0.6) is 0 Å². The van der Waals surface area contributed by atoms with Crippen molar-refractivity contribution in [3.05, 3.63) is 71.5 Å². The van der Waals surface area contributed by atoms with Crippen molar-refractivity contribution < 1.29 is 4.39 Å². The van der Waals surface area contributed by atoms with E-state index < -0.39 is 0 Å². The minimum absolute atomic E-state index is 0.0916. The van der Waals surface area contributed by atoms with Gasteiger partial charge in [0.1, 0.15) is 5.82 Å². The Morgan fingerprint density at radius 3 is 2.38 bits per heavy atom. The van der Waals surface area contributed by atoms with Gasteiger partial charge in [0.15, 0.2) is 0 Å². The molecule has 0 amide bonds. The monoisotopic (exact) mass is 285 g/mol. The molecule has 1 N–H and O–H groups in total. The molecule has 0 aliphatic carbocycles. The van der Waals surface area contributed by atoms with E-state index in [-0.39, 0.29) is 5.82 Å². The number of nitrogens with one attached hydrogen (secondary N) is 1. The van der Waals surface area contributed by atoms with E-state index in [2.05, 4.69) is 36.5 Å². The van der Waals surface area contributed by atoms with Crippen LogP contribution in [0.15, 0.2) is 54.6 Å². The zero-order valence-corrected chi connectivity index (χ0v) is 12.7. The summed E-state index contributed by atoms with van der Waals surface area (Å²) in [7, 11) is 0. The van der Waals surface area contributed by atoms with Crippen LogP contribution in [0.1, 0.15) is 24.5 Å². The van der Waals surface area contributed by atoms with E-state index in [9.17, 15) is 4.39 Å². The van der Waals surface area contributed by atoms with Gasteiger partial charge >= 0.3 is 0 Å². The van der Waals surface area contributed by atoms with E-state index in [0.717, 1.165) is 37.9 Å². The van der Waals surface area contributed by atoms with Gasteiger partial charge in [0.2, 0.25) is 0 Å². The molecule has 1 atom stereocenters. The smallest absolute Gasteiger partial charge is 0.126 e. The predicted octanol–water partition coefficient (Wildman–Crippen LogP) is 4.23.